The molecule has 24 heavy (non-hydrogen) atoms. The third-order valence-corrected chi connectivity index (χ3v) is 5.89. The largest absolute Gasteiger partial charge is 0.511 e. The summed E-state index contributed by atoms with van der Waals surface area (Å²) in [4.78, 5) is 13.1. The Labute approximate surface area is 141 Å². The first-order valence-corrected chi connectivity index (χ1v) is 8.35. The molecule has 1 aromatic rings. The Balaban J connectivity index is 1.89. The van der Waals surface area contributed by atoms with E-state index in [1.54, 1.807) is 0 Å². The van der Waals surface area contributed by atoms with Gasteiger partial charge in [0.05, 0.1) is 30.1 Å². The third kappa shape index (κ3) is 1.73. The minimum Gasteiger partial charge on any atom is -0.511 e. The Kier molecular flexibility index (Phi) is 3.12. The van der Waals surface area contributed by atoms with Gasteiger partial charge in [0.15, 0.2) is 5.78 Å². The van der Waals surface area contributed by atoms with Crippen molar-refractivity contribution in [3.8, 4) is 0 Å². The molecule has 2 aliphatic heterocycles. The van der Waals surface area contributed by atoms with E-state index in [0.29, 0.717) is 5.57 Å². The number of aliphatic hydroxyl groups is 2. The van der Waals surface area contributed by atoms with Crippen LogP contribution in [0.4, 0.5) is 0 Å². The van der Waals surface area contributed by atoms with E-state index in [1.807, 2.05) is 45.9 Å². The molecule has 2 heterocycles. The Bertz CT molecular complexity index is 809. The van der Waals surface area contributed by atoms with E-state index in [4.69, 9.17) is 4.74 Å². The minimum absolute atomic E-state index is 0.0467. The summed E-state index contributed by atoms with van der Waals surface area (Å²) >= 11 is 0. The average molecular weight is 326 g/mol. The number of ketones is 1. The number of benzene rings is 1. The van der Waals surface area contributed by atoms with Gasteiger partial charge in [-0.25, -0.2) is 0 Å². The fourth-order valence-corrected chi connectivity index (χ4v) is 4.95. The highest BCUT2D eigenvalue weighted by molar-refractivity contribution is 6.26. The number of hydrogen-bond acceptors (Lipinski definition) is 4. The lowest BCUT2D eigenvalue weighted by molar-refractivity contribution is -0.118. The third-order valence-electron chi connectivity index (χ3n) is 5.89. The lowest BCUT2D eigenvalue weighted by Crippen LogP contribution is -2.38. The van der Waals surface area contributed by atoms with Crippen LogP contribution in [0.1, 0.15) is 29.2 Å². The number of ether oxygens (including phenoxy) is 1. The molecule has 4 heteroatoms. The highest BCUT2D eigenvalue weighted by Crippen LogP contribution is 2.58. The monoisotopic (exact) mass is 326 g/mol. The standard InChI is InChI=1S/C20H22O4/c1-9-5-10(2)14(11(3)6-9)16-18(22)15-13-7-12(8-21)20(4,24-13)17(15)19(16)23/h5-7,13,15,17,21,23H,8H2,1-4H3/t13-,15-,17+,20+/m0/s1. The number of fused-ring (bicyclic) bond motifs is 5. The minimum atomic E-state index is -0.794. The predicted molar refractivity (Wildman–Crippen MR) is 90.6 cm³/mol. The highest BCUT2D eigenvalue weighted by atomic mass is 16.5. The van der Waals surface area contributed by atoms with Crippen molar-refractivity contribution in [1.82, 2.24) is 0 Å². The number of carbonyl (C=O) groups is 1. The summed E-state index contributed by atoms with van der Waals surface area (Å²) in [5.74, 6) is -0.726. The van der Waals surface area contributed by atoms with Crippen molar-refractivity contribution in [2.75, 3.05) is 6.61 Å². The molecule has 0 amide bonds. The van der Waals surface area contributed by atoms with Crippen molar-refractivity contribution in [2.24, 2.45) is 11.8 Å². The fraction of sp³-hybridized carbons (Fsp3) is 0.450. The molecule has 0 unspecified atom stereocenters. The molecule has 2 N–H and O–H groups in total. The van der Waals surface area contributed by atoms with E-state index in [-0.39, 0.29) is 30.2 Å². The summed E-state index contributed by atoms with van der Waals surface area (Å²) in [5, 5.41) is 20.6. The molecular weight excluding hydrogens is 304 g/mol. The molecule has 1 fully saturated rings. The maximum absolute atomic E-state index is 13.1. The number of Topliss-reactive ketones (excluding diaryl/α,β-unsaturated/α-hetero) is 1. The van der Waals surface area contributed by atoms with Crippen LogP contribution in [0.25, 0.3) is 5.57 Å². The van der Waals surface area contributed by atoms with Crippen molar-refractivity contribution >= 4 is 11.4 Å². The van der Waals surface area contributed by atoms with E-state index >= 15 is 0 Å². The van der Waals surface area contributed by atoms with E-state index in [1.165, 1.54) is 0 Å². The summed E-state index contributed by atoms with van der Waals surface area (Å²) in [6, 6.07) is 4.07. The van der Waals surface area contributed by atoms with Crippen LogP contribution >= 0.6 is 0 Å². The quantitative estimate of drug-likeness (QED) is 0.820. The molecule has 0 spiro atoms. The zero-order chi connectivity index (χ0) is 17.4. The summed E-state index contributed by atoms with van der Waals surface area (Å²) in [6.45, 7) is 7.72. The van der Waals surface area contributed by atoms with Crippen LogP contribution in [0.2, 0.25) is 0 Å². The number of hydrogen-bond donors (Lipinski definition) is 2. The van der Waals surface area contributed by atoms with Gasteiger partial charge in [-0.2, -0.15) is 0 Å². The lowest BCUT2D eigenvalue weighted by Gasteiger charge is -2.30. The van der Waals surface area contributed by atoms with Crippen LogP contribution in [0.5, 0.6) is 0 Å². The summed E-state index contributed by atoms with van der Waals surface area (Å²) in [5.41, 5.74) is 4.37. The van der Waals surface area contributed by atoms with Gasteiger partial charge in [-0.15, -0.1) is 0 Å². The zero-order valence-corrected chi connectivity index (χ0v) is 14.4. The zero-order valence-electron chi connectivity index (χ0n) is 14.4. The molecule has 2 bridgehead atoms. The van der Waals surface area contributed by atoms with Gasteiger partial charge in [0.2, 0.25) is 0 Å². The number of allylic oxidation sites excluding steroid dienone is 1. The molecule has 3 aliphatic rings. The van der Waals surface area contributed by atoms with E-state index < -0.39 is 11.5 Å². The molecule has 4 rings (SSSR count). The summed E-state index contributed by atoms with van der Waals surface area (Å²) in [6.07, 6.45) is 1.49. The molecule has 1 aromatic carbocycles. The maximum atomic E-state index is 13.1. The van der Waals surface area contributed by atoms with Gasteiger partial charge in [0.1, 0.15) is 11.4 Å². The van der Waals surface area contributed by atoms with Crippen molar-refractivity contribution in [2.45, 2.75) is 39.4 Å². The highest BCUT2D eigenvalue weighted by Gasteiger charge is 2.65. The molecule has 0 radical (unpaired) electrons. The first-order valence-electron chi connectivity index (χ1n) is 8.35. The van der Waals surface area contributed by atoms with Crippen LogP contribution in [0.15, 0.2) is 29.5 Å². The number of aryl methyl sites for hydroxylation is 3. The predicted octanol–water partition coefficient (Wildman–Crippen LogP) is 2.79. The lowest BCUT2D eigenvalue weighted by atomic mass is 9.73. The summed E-state index contributed by atoms with van der Waals surface area (Å²) in [7, 11) is 0. The first-order chi connectivity index (χ1) is 11.3. The molecule has 1 saturated heterocycles. The van der Waals surface area contributed by atoms with Crippen LogP contribution in [0.3, 0.4) is 0 Å². The van der Waals surface area contributed by atoms with Gasteiger partial charge in [-0.05, 0) is 50.0 Å². The van der Waals surface area contributed by atoms with Gasteiger partial charge >= 0.3 is 0 Å². The second-order valence-electron chi connectivity index (χ2n) is 7.44. The van der Waals surface area contributed by atoms with Crippen LogP contribution in [-0.4, -0.2) is 34.3 Å². The molecule has 4 atom stereocenters. The molecule has 4 nitrogen and oxygen atoms in total. The van der Waals surface area contributed by atoms with Crippen molar-refractivity contribution in [3.05, 3.63) is 51.8 Å². The smallest absolute Gasteiger partial charge is 0.173 e. The van der Waals surface area contributed by atoms with Crippen molar-refractivity contribution < 1.29 is 19.7 Å². The van der Waals surface area contributed by atoms with Crippen molar-refractivity contribution in [1.29, 1.82) is 0 Å². The molecular formula is C20H22O4. The van der Waals surface area contributed by atoms with Gasteiger partial charge < -0.3 is 14.9 Å². The topological polar surface area (TPSA) is 66.8 Å². The number of aliphatic hydroxyl groups excluding tert-OH is 2. The van der Waals surface area contributed by atoms with Crippen LogP contribution in [0, 0.1) is 32.6 Å². The number of carbonyl (C=O) groups excluding carboxylic acids is 1. The van der Waals surface area contributed by atoms with E-state index in [9.17, 15) is 15.0 Å². The second-order valence-corrected chi connectivity index (χ2v) is 7.44. The summed E-state index contributed by atoms with van der Waals surface area (Å²) < 4.78 is 5.97. The van der Waals surface area contributed by atoms with Gasteiger partial charge in [0, 0.05) is 0 Å². The number of rotatable bonds is 2. The Hall–Kier alpha value is -1.91. The average Bonchev–Trinajstić information content (AvgIpc) is 3.07. The van der Waals surface area contributed by atoms with E-state index in [2.05, 4.69) is 0 Å². The van der Waals surface area contributed by atoms with Crippen LogP contribution in [-0.2, 0) is 9.53 Å². The Morgan fingerprint density at radius 1 is 1.21 bits per heavy atom. The molecule has 1 aliphatic carbocycles. The fourth-order valence-electron chi connectivity index (χ4n) is 4.95. The van der Waals surface area contributed by atoms with Gasteiger partial charge in [-0.3, -0.25) is 4.79 Å². The van der Waals surface area contributed by atoms with Crippen LogP contribution < -0.4 is 0 Å². The van der Waals surface area contributed by atoms with Crippen molar-refractivity contribution in [3.63, 3.8) is 0 Å². The SMILES string of the molecule is Cc1cc(C)c(C2=C(O)[C@H]3[C@@H](C2=O)[C@@H]2C=C(CO)[C@@]3(C)O2)c(C)c1. The Morgan fingerprint density at radius 2 is 1.83 bits per heavy atom. The second kappa shape index (κ2) is 4.80. The molecule has 0 aromatic heterocycles. The first kappa shape index (κ1) is 15.6. The maximum Gasteiger partial charge on any atom is 0.173 e. The van der Waals surface area contributed by atoms with Gasteiger partial charge in [-0.1, -0.05) is 23.8 Å². The van der Waals surface area contributed by atoms with Gasteiger partial charge in [0.25, 0.3) is 0 Å². The molecule has 126 valence electrons. The normalized spacial score (nSPS) is 34.1. The Morgan fingerprint density at radius 3 is 2.42 bits per heavy atom. The van der Waals surface area contributed by atoms with E-state index in [0.717, 1.165) is 27.8 Å². The molecule has 0 saturated carbocycles.